The fraction of sp³-hybridized carbons (Fsp3) is 0.389. The summed E-state index contributed by atoms with van der Waals surface area (Å²) in [6, 6.07) is 5.74. The van der Waals surface area contributed by atoms with Gasteiger partial charge in [0.2, 0.25) is 0 Å². The number of methoxy groups -OCH3 is 1. The summed E-state index contributed by atoms with van der Waals surface area (Å²) in [6.45, 7) is 9.80. The summed E-state index contributed by atoms with van der Waals surface area (Å²) in [4.78, 5) is 12.9. The average molecular weight is 270 g/mol. The largest absolute Gasteiger partial charge is 0.497 e. The van der Waals surface area contributed by atoms with E-state index in [0.29, 0.717) is 6.42 Å². The standard InChI is InChI=1S/C18H22O2/c1-5-9-18(12-13(2)3)10-8-14-11-15(20-4)6-7-16(14)17(18)19/h5-7,11H,1-2,8-10,12H2,3-4H3/t18-/m1/s1. The Morgan fingerprint density at radius 1 is 1.50 bits per heavy atom. The number of ketones is 1. The molecule has 0 saturated heterocycles. The van der Waals surface area contributed by atoms with Crippen LogP contribution in [0.25, 0.3) is 0 Å². The van der Waals surface area contributed by atoms with Gasteiger partial charge in [-0.05, 0) is 56.4 Å². The Morgan fingerprint density at radius 3 is 2.85 bits per heavy atom. The normalized spacial score (nSPS) is 21.2. The zero-order chi connectivity index (χ0) is 14.8. The van der Waals surface area contributed by atoms with Crippen molar-refractivity contribution in [1.29, 1.82) is 0 Å². The topological polar surface area (TPSA) is 26.3 Å². The molecular formula is C18H22O2. The van der Waals surface area contributed by atoms with E-state index in [9.17, 15) is 4.79 Å². The molecule has 2 nitrogen and oxygen atoms in total. The summed E-state index contributed by atoms with van der Waals surface area (Å²) >= 11 is 0. The van der Waals surface area contributed by atoms with Crippen molar-refractivity contribution in [1.82, 2.24) is 0 Å². The van der Waals surface area contributed by atoms with Crippen LogP contribution in [-0.2, 0) is 6.42 Å². The Labute approximate surface area is 121 Å². The maximum atomic E-state index is 12.9. The maximum Gasteiger partial charge on any atom is 0.169 e. The predicted molar refractivity (Wildman–Crippen MR) is 82.3 cm³/mol. The molecule has 0 unspecified atom stereocenters. The van der Waals surface area contributed by atoms with Crippen LogP contribution < -0.4 is 4.74 Å². The monoisotopic (exact) mass is 270 g/mol. The van der Waals surface area contributed by atoms with Gasteiger partial charge in [-0.15, -0.1) is 13.2 Å². The lowest BCUT2D eigenvalue weighted by Crippen LogP contribution is -2.36. The van der Waals surface area contributed by atoms with Gasteiger partial charge in [-0.1, -0.05) is 11.6 Å². The highest BCUT2D eigenvalue weighted by Crippen LogP contribution is 2.43. The number of fused-ring (bicyclic) bond motifs is 1. The Hall–Kier alpha value is -1.83. The molecule has 0 spiro atoms. The highest BCUT2D eigenvalue weighted by Gasteiger charge is 2.41. The third-order valence-corrected chi connectivity index (χ3v) is 4.09. The lowest BCUT2D eigenvalue weighted by atomic mass is 9.65. The zero-order valence-electron chi connectivity index (χ0n) is 12.4. The third kappa shape index (κ3) is 2.55. The Morgan fingerprint density at radius 2 is 2.25 bits per heavy atom. The molecule has 0 amide bonds. The number of benzene rings is 1. The molecule has 2 heteroatoms. The minimum atomic E-state index is -0.352. The number of carbonyl (C=O) groups excluding carboxylic acids is 1. The molecule has 1 aromatic carbocycles. The van der Waals surface area contributed by atoms with Crippen LogP contribution in [0, 0.1) is 5.41 Å². The molecule has 20 heavy (non-hydrogen) atoms. The maximum absolute atomic E-state index is 12.9. The van der Waals surface area contributed by atoms with Crippen molar-refractivity contribution in [2.24, 2.45) is 5.41 Å². The smallest absolute Gasteiger partial charge is 0.169 e. The van der Waals surface area contributed by atoms with Gasteiger partial charge in [0.05, 0.1) is 7.11 Å². The molecule has 0 bridgehead atoms. The number of allylic oxidation sites excluding steroid dienone is 2. The van der Waals surface area contributed by atoms with E-state index in [2.05, 4.69) is 13.2 Å². The number of carbonyl (C=O) groups is 1. The molecule has 106 valence electrons. The number of hydrogen-bond acceptors (Lipinski definition) is 2. The Kier molecular flexibility index (Phi) is 4.12. The molecule has 1 atom stereocenters. The van der Waals surface area contributed by atoms with Gasteiger partial charge in [-0.25, -0.2) is 0 Å². The molecule has 0 saturated carbocycles. The molecule has 0 aromatic heterocycles. The highest BCUT2D eigenvalue weighted by atomic mass is 16.5. The summed E-state index contributed by atoms with van der Waals surface area (Å²) in [5, 5.41) is 0. The van der Waals surface area contributed by atoms with Gasteiger partial charge in [-0.3, -0.25) is 4.79 Å². The van der Waals surface area contributed by atoms with Gasteiger partial charge >= 0.3 is 0 Å². The summed E-state index contributed by atoms with van der Waals surface area (Å²) in [7, 11) is 1.65. The number of aryl methyl sites for hydroxylation is 1. The molecule has 1 aliphatic rings. The predicted octanol–water partition coefficient (Wildman–Crippen LogP) is 4.35. The molecule has 2 rings (SSSR count). The van der Waals surface area contributed by atoms with E-state index in [4.69, 9.17) is 4.74 Å². The van der Waals surface area contributed by atoms with Crippen molar-refractivity contribution in [2.75, 3.05) is 7.11 Å². The molecule has 0 radical (unpaired) electrons. The van der Waals surface area contributed by atoms with Crippen molar-refractivity contribution >= 4 is 5.78 Å². The van der Waals surface area contributed by atoms with Crippen molar-refractivity contribution in [3.8, 4) is 5.75 Å². The first-order valence-electron chi connectivity index (χ1n) is 6.99. The first-order chi connectivity index (χ1) is 9.52. The number of rotatable bonds is 5. The van der Waals surface area contributed by atoms with E-state index in [1.807, 2.05) is 31.2 Å². The average Bonchev–Trinajstić information content (AvgIpc) is 2.42. The van der Waals surface area contributed by atoms with Crippen LogP contribution in [0.2, 0.25) is 0 Å². The second kappa shape index (κ2) is 5.66. The van der Waals surface area contributed by atoms with Crippen molar-refractivity contribution in [3.05, 3.63) is 54.1 Å². The minimum Gasteiger partial charge on any atom is -0.497 e. The molecule has 1 aliphatic carbocycles. The van der Waals surface area contributed by atoms with Crippen LogP contribution >= 0.6 is 0 Å². The molecule has 0 aliphatic heterocycles. The first-order valence-corrected chi connectivity index (χ1v) is 6.99. The summed E-state index contributed by atoms with van der Waals surface area (Å²) in [5.41, 5.74) is 2.63. The second-order valence-electron chi connectivity index (χ2n) is 5.76. The van der Waals surface area contributed by atoms with Crippen LogP contribution in [0.1, 0.15) is 42.1 Å². The third-order valence-electron chi connectivity index (χ3n) is 4.09. The van der Waals surface area contributed by atoms with Crippen LogP contribution in [0.15, 0.2) is 43.0 Å². The van der Waals surface area contributed by atoms with E-state index >= 15 is 0 Å². The van der Waals surface area contributed by atoms with E-state index in [-0.39, 0.29) is 11.2 Å². The summed E-state index contributed by atoms with van der Waals surface area (Å²) in [6.07, 6.45) is 5.06. The van der Waals surface area contributed by atoms with Crippen molar-refractivity contribution < 1.29 is 9.53 Å². The lowest BCUT2D eigenvalue weighted by molar-refractivity contribution is 0.0758. The SMILES string of the molecule is C=CC[C@]1(CC(=C)C)CCc2cc(OC)ccc2C1=O. The Bertz CT molecular complexity index is 557. The molecule has 1 aromatic rings. The summed E-state index contributed by atoms with van der Waals surface area (Å²) in [5.74, 6) is 1.04. The van der Waals surface area contributed by atoms with Crippen molar-refractivity contribution in [2.45, 2.75) is 32.6 Å². The molecule has 0 fully saturated rings. The minimum absolute atomic E-state index is 0.226. The van der Waals surface area contributed by atoms with Gasteiger partial charge in [0, 0.05) is 11.0 Å². The lowest BCUT2D eigenvalue weighted by Gasteiger charge is -2.36. The zero-order valence-corrected chi connectivity index (χ0v) is 12.4. The number of ether oxygens (including phenoxy) is 1. The molecule has 0 N–H and O–H groups in total. The van der Waals surface area contributed by atoms with Crippen LogP contribution in [0.3, 0.4) is 0 Å². The van der Waals surface area contributed by atoms with Crippen LogP contribution in [0.5, 0.6) is 5.75 Å². The fourth-order valence-corrected chi connectivity index (χ4v) is 3.19. The van der Waals surface area contributed by atoms with Gasteiger partial charge in [0.15, 0.2) is 5.78 Å². The highest BCUT2D eigenvalue weighted by molar-refractivity contribution is 6.03. The number of hydrogen-bond donors (Lipinski definition) is 0. The van der Waals surface area contributed by atoms with Crippen molar-refractivity contribution in [3.63, 3.8) is 0 Å². The van der Waals surface area contributed by atoms with Gasteiger partial charge in [-0.2, -0.15) is 0 Å². The van der Waals surface area contributed by atoms with E-state index in [1.165, 1.54) is 0 Å². The number of Topliss-reactive ketones (excluding diaryl/α,β-unsaturated/α-hetero) is 1. The van der Waals surface area contributed by atoms with Gasteiger partial charge in [0.25, 0.3) is 0 Å². The fourth-order valence-electron chi connectivity index (χ4n) is 3.19. The Balaban J connectivity index is 2.42. The molecule has 0 heterocycles. The second-order valence-corrected chi connectivity index (χ2v) is 5.76. The summed E-state index contributed by atoms with van der Waals surface area (Å²) < 4.78 is 5.24. The van der Waals surface area contributed by atoms with Crippen LogP contribution in [0.4, 0.5) is 0 Å². The molecular weight excluding hydrogens is 248 g/mol. The van der Waals surface area contributed by atoms with E-state index in [0.717, 1.165) is 41.7 Å². The van der Waals surface area contributed by atoms with E-state index < -0.39 is 0 Å². The van der Waals surface area contributed by atoms with E-state index in [1.54, 1.807) is 7.11 Å². The van der Waals surface area contributed by atoms with Crippen LogP contribution in [-0.4, -0.2) is 12.9 Å². The first kappa shape index (κ1) is 14.6. The quantitative estimate of drug-likeness (QED) is 0.743. The van der Waals surface area contributed by atoms with Gasteiger partial charge in [0.1, 0.15) is 5.75 Å². The van der Waals surface area contributed by atoms with Gasteiger partial charge < -0.3 is 4.74 Å².